The second kappa shape index (κ2) is 8.81. The fourth-order valence-corrected chi connectivity index (χ4v) is 4.33. The molecule has 0 aliphatic heterocycles. The van der Waals surface area contributed by atoms with Crippen LogP contribution in [0.1, 0.15) is 21.7 Å². The molecular weight excluding hydrogens is 464 g/mol. The third-order valence-corrected chi connectivity index (χ3v) is 6.91. The molecule has 10 heteroatoms. The summed E-state index contributed by atoms with van der Waals surface area (Å²) < 4.78 is 53.8. The van der Waals surface area contributed by atoms with Gasteiger partial charge in [0.1, 0.15) is 28.8 Å². The first-order valence-corrected chi connectivity index (χ1v) is 11.4. The van der Waals surface area contributed by atoms with Gasteiger partial charge in [-0.25, -0.2) is 26.5 Å². The van der Waals surface area contributed by atoms with Gasteiger partial charge in [0.05, 0.1) is 15.9 Å². The van der Waals surface area contributed by atoms with E-state index in [1.54, 1.807) is 24.3 Å². The number of H-pyrrole nitrogens is 1. The topological polar surface area (TPSA) is 103 Å². The quantitative estimate of drug-likeness (QED) is 0.240. The highest BCUT2D eigenvalue weighted by Gasteiger charge is 2.26. The zero-order valence-electron chi connectivity index (χ0n) is 18.1. The number of hydrogen-bond acceptors (Lipinski definition) is 5. The Balaban J connectivity index is 1.94. The monoisotopic (exact) mass is 483 g/mol. The standard InChI is InChI=1S/C24H19F2N3O4S/c1-29(2)34(32,33)18-7-5-6-14(12-18)22(30)21(23(31)15-10-16(25)13-17(26)11-15)24-27-19-8-3-4-9-20(19)28-24/h3-13,31H,1-2H3,(H,27,28). The van der Waals surface area contributed by atoms with Crippen molar-refractivity contribution < 1.29 is 27.1 Å². The average molecular weight is 483 g/mol. The number of aromatic amines is 1. The lowest BCUT2D eigenvalue weighted by molar-refractivity contribution is 0.105. The molecule has 0 spiro atoms. The largest absolute Gasteiger partial charge is 0.506 e. The van der Waals surface area contributed by atoms with Crippen LogP contribution < -0.4 is 0 Å². The first-order valence-electron chi connectivity index (χ1n) is 10.00. The molecule has 3 aromatic carbocycles. The molecule has 4 rings (SSSR count). The van der Waals surface area contributed by atoms with Gasteiger partial charge >= 0.3 is 0 Å². The van der Waals surface area contributed by atoms with Gasteiger partial charge in [-0.1, -0.05) is 24.3 Å². The van der Waals surface area contributed by atoms with Gasteiger partial charge in [-0.3, -0.25) is 4.79 Å². The molecule has 1 heterocycles. The summed E-state index contributed by atoms with van der Waals surface area (Å²) in [4.78, 5) is 20.7. The van der Waals surface area contributed by atoms with Crippen LogP contribution in [0.3, 0.4) is 0 Å². The van der Waals surface area contributed by atoms with Crippen LogP contribution in [-0.4, -0.2) is 47.7 Å². The number of Topliss-reactive ketones (excluding diaryl/α,β-unsaturated/α-hetero) is 1. The molecule has 0 aliphatic rings. The van der Waals surface area contributed by atoms with Crippen molar-refractivity contribution in [3.05, 3.63) is 95.3 Å². The van der Waals surface area contributed by atoms with Crippen molar-refractivity contribution in [1.82, 2.24) is 14.3 Å². The number of sulfonamides is 1. The summed E-state index contributed by atoms with van der Waals surface area (Å²) in [6.07, 6.45) is 0. The fourth-order valence-electron chi connectivity index (χ4n) is 3.39. The van der Waals surface area contributed by atoms with E-state index in [0.29, 0.717) is 17.1 Å². The molecule has 0 saturated heterocycles. The number of allylic oxidation sites excluding steroid dienone is 1. The minimum atomic E-state index is -3.85. The molecule has 0 unspecified atom stereocenters. The maximum atomic E-state index is 13.9. The molecule has 0 saturated carbocycles. The second-order valence-corrected chi connectivity index (χ2v) is 9.78. The van der Waals surface area contributed by atoms with Crippen molar-refractivity contribution in [2.45, 2.75) is 4.90 Å². The third-order valence-electron chi connectivity index (χ3n) is 5.10. The van der Waals surface area contributed by atoms with Crippen molar-refractivity contribution in [2.24, 2.45) is 0 Å². The van der Waals surface area contributed by atoms with Crippen molar-refractivity contribution in [1.29, 1.82) is 0 Å². The number of rotatable bonds is 6. The van der Waals surface area contributed by atoms with E-state index >= 15 is 0 Å². The Morgan fingerprint density at radius 3 is 2.26 bits per heavy atom. The normalized spacial score (nSPS) is 12.7. The Hall–Kier alpha value is -3.89. The predicted octanol–water partition coefficient (Wildman–Crippen LogP) is 4.40. The van der Waals surface area contributed by atoms with Gasteiger partial charge in [-0.15, -0.1) is 0 Å². The van der Waals surface area contributed by atoms with Crippen molar-refractivity contribution in [3.63, 3.8) is 0 Å². The number of benzene rings is 3. The van der Waals surface area contributed by atoms with E-state index in [-0.39, 0.29) is 27.4 Å². The molecule has 7 nitrogen and oxygen atoms in total. The lowest BCUT2D eigenvalue weighted by Gasteiger charge is -2.13. The highest BCUT2D eigenvalue weighted by Crippen LogP contribution is 2.29. The van der Waals surface area contributed by atoms with Crippen LogP contribution >= 0.6 is 0 Å². The smallest absolute Gasteiger partial charge is 0.242 e. The summed E-state index contributed by atoms with van der Waals surface area (Å²) in [7, 11) is -1.14. The van der Waals surface area contributed by atoms with E-state index in [1.807, 2.05) is 0 Å². The zero-order valence-corrected chi connectivity index (χ0v) is 18.9. The number of nitrogens with zero attached hydrogens (tertiary/aromatic N) is 2. The molecule has 2 N–H and O–H groups in total. The Morgan fingerprint density at radius 1 is 0.941 bits per heavy atom. The number of ketones is 1. The van der Waals surface area contributed by atoms with Gasteiger partial charge < -0.3 is 10.1 Å². The molecule has 0 amide bonds. The van der Waals surface area contributed by atoms with Gasteiger partial charge in [0, 0.05) is 31.3 Å². The number of nitrogens with one attached hydrogen (secondary N) is 1. The molecule has 4 aromatic rings. The van der Waals surface area contributed by atoms with Crippen LogP contribution in [0.15, 0.2) is 71.6 Å². The molecule has 0 aliphatic carbocycles. The summed E-state index contributed by atoms with van der Waals surface area (Å²) in [5, 5.41) is 11.0. The molecule has 1 aromatic heterocycles. The van der Waals surface area contributed by atoms with Crippen molar-refractivity contribution in [2.75, 3.05) is 14.1 Å². The number of hydrogen-bond donors (Lipinski definition) is 2. The molecule has 0 atom stereocenters. The lowest BCUT2D eigenvalue weighted by Crippen LogP contribution is -2.22. The van der Waals surface area contributed by atoms with Crippen molar-refractivity contribution in [3.8, 4) is 0 Å². The van der Waals surface area contributed by atoms with Crippen LogP contribution in [-0.2, 0) is 10.0 Å². The first kappa shape index (κ1) is 23.3. The number of aromatic nitrogens is 2. The van der Waals surface area contributed by atoms with E-state index in [9.17, 15) is 27.1 Å². The zero-order chi connectivity index (χ0) is 24.6. The van der Waals surface area contributed by atoms with Crippen LogP contribution in [0.25, 0.3) is 22.4 Å². The number of aliphatic hydroxyl groups excluding tert-OH is 1. The molecule has 0 fully saturated rings. The fraction of sp³-hybridized carbons (Fsp3) is 0.0833. The summed E-state index contributed by atoms with van der Waals surface area (Å²) in [6, 6.07) is 14.5. The number of imidazole rings is 1. The van der Waals surface area contributed by atoms with Crippen LogP contribution in [0.5, 0.6) is 0 Å². The predicted molar refractivity (Wildman–Crippen MR) is 124 cm³/mol. The molecular formula is C24H19F2N3O4S. The molecule has 0 bridgehead atoms. The Morgan fingerprint density at radius 2 is 1.62 bits per heavy atom. The number of aliphatic hydroxyl groups is 1. The minimum absolute atomic E-state index is 0.0470. The van der Waals surface area contributed by atoms with Crippen LogP contribution in [0, 0.1) is 11.6 Å². The molecule has 0 radical (unpaired) electrons. The highest BCUT2D eigenvalue weighted by atomic mass is 32.2. The van der Waals surface area contributed by atoms with E-state index in [1.165, 1.54) is 38.4 Å². The lowest BCUT2D eigenvalue weighted by atomic mass is 9.98. The van der Waals surface area contributed by atoms with E-state index in [2.05, 4.69) is 9.97 Å². The second-order valence-electron chi connectivity index (χ2n) is 7.63. The first-order chi connectivity index (χ1) is 16.1. The Labute approximate surface area is 194 Å². The van der Waals surface area contributed by atoms with Gasteiger partial charge in [0.2, 0.25) is 15.8 Å². The van der Waals surface area contributed by atoms with E-state index in [4.69, 9.17) is 0 Å². The number of fused-ring (bicyclic) bond motifs is 1. The van der Waals surface area contributed by atoms with Crippen LogP contribution in [0.4, 0.5) is 8.78 Å². The number of halogens is 2. The number of para-hydroxylation sites is 2. The van der Waals surface area contributed by atoms with Gasteiger partial charge in [-0.2, -0.15) is 0 Å². The van der Waals surface area contributed by atoms with Gasteiger partial charge in [0.25, 0.3) is 0 Å². The van der Waals surface area contributed by atoms with E-state index in [0.717, 1.165) is 16.4 Å². The van der Waals surface area contributed by atoms with E-state index < -0.39 is 33.2 Å². The number of carbonyl (C=O) groups excluding carboxylic acids is 1. The summed E-state index contributed by atoms with van der Waals surface area (Å²) >= 11 is 0. The maximum Gasteiger partial charge on any atom is 0.242 e. The maximum absolute atomic E-state index is 13.9. The summed E-state index contributed by atoms with van der Waals surface area (Å²) in [6.45, 7) is 0. The Kier molecular flexibility index (Phi) is 6.03. The van der Waals surface area contributed by atoms with Gasteiger partial charge in [-0.05, 0) is 36.4 Å². The summed E-state index contributed by atoms with van der Waals surface area (Å²) in [5.74, 6) is -3.45. The third kappa shape index (κ3) is 4.33. The molecule has 174 valence electrons. The van der Waals surface area contributed by atoms with Crippen LogP contribution in [0.2, 0.25) is 0 Å². The molecule has 34 heavy (non-hydrogen) atoms. The summed E-state index contributed by atoms with van der Waals surface area (Å²) in [5.41, 5.74) is 0.329. The SMILES string of the molecule is CN(C)S(=O)(=O)c1cccc(C(=O)C(=C(O)c2cc(F)cc(F)c2)c2nc3ccccc3[nH]2)c1. The minimum Gasteiger partial charge on any atom is -0.506 e. The highest BCUT2D eigenvalue weighted by molar-refractivity contribution is 7.89. The van der Waals surface area contributed by atoms with Gasteiger partial charge in [0.15, 0.2) is 0 Å². The van der Waals surface area contributed by atoms with Crippen molar-refractivity contribution >= 4 is 38.2 Å². The Bertz CT molecular complexity index is 1510. The number of carbonyl (C=O) groups is 1. The average Bonchev–Trinajstić information content (AvgIpc) is 3.22.